The van der Waals surface area contributed by atoms with E-state index >= 15 is 0 Å². The summed E-state index contributed by atoms with van der Waals surface area (Å²) < 4.78 is 16.6. The van der Waals surface area contributed by atoms with Crippen LogP contribution in [0.2, 0.25) is 0 Å². The number of carbonyl (C=O) groups is 1. The van der Waals surface area contributed by atoms with E-state index in [-0.39, 0.29) is 6.42 Å². The fraction of sp³-hybridized carbons (Fsp3) is 0.500. The maximum Gasteiger partial charge on any atom is 0.177 e. The minimum atomic E-state index is -0.752. The monoisotopic (exact) mass is 250 g/mol. The molecule has 1 saturated heterocycles. The molecule has 2 rings (SSSR count). The maximum atomic E-state index is 10.6. The van der Waals surface area contributed by atoms with Crippen LogP contribution in [0.15, 0.2) is 30.3 Å². The summed E-state index contributed by atoms with van der Waals surface area (Å²) in [4.78, 5) is 10.6. The molecule has 0 atom stereocenters. The highest BCUT2D eigenvalue weighted by Crippen LogP contribution is 2.26. The summed E-state index contributed by atoms with van der Waals surface area (Å²) in [6, 6.07) is 9.97. The van der Waals surface area contributed by atoms with Crippen molar-refractivity contribution in [2.24, 2.45) is 0 Å². The fourth-order valence-corrected chi connectivity index (χ4v) is 1.98. The van der Waals surface area contributed by atoms with Gasteiger partial charge in [-0.3, -0.25) is 0 Å². The lowest BCUT2D eigenvalue weighted by Crippen LogP contribution is -2.32. The number of hydrogen-bond donors (Lipinski definition) is 0. The maximum absolute atomic E-state index is 10.6. The Bertz CT molecular complexity index is 357. The summed E-state index contributed by atoms with van der Waals surface area (Å²) in [7, 11) is 0. The van der Waals surface area contributed by atoms with E-state index < -0.39 is 5.79 Å². The molecule has 0 unspecified atom stereocenters. The van der Waals surface area contributed by atoms with Gasteiger partial charge in [0.1, 0.15) is 6.29 Å². The number of rotatable bonds is 7. The molecule has 0 amide bonds. The molecule has 0 bridgehead atoms. The zero-order valence-corrected chi connectivity index (χ0v) is 10.3. The van der Waals surface area contributed by atoms with Crippen LogP contribution in [0.25, 0.3) is 0 Å². The smallest absolute Gasteiger partial charge is 0.177 e. The van der Waals surface area contributed by atoms with E-state index in [4.69, 9.17) is 14.2 Å². The molecule has 1 aliphatic rings. The lowest BCUT2D eigenvalue weighted by molar-refractivity contribution is -0.174. The Kier molecular flexibility index (Phi) is 4.87. The molecule has 0 aromatic heterocycles. The van der Waals surface area contributed by atoms with Crippen LogP contribution in [0.5, 0.6) is 0 Å². The van der Waals surface area contributed by atoms with Crippen LogP contribution in [-0.4, -0.2) is 31.9 Å². The van der Waals surface area contributed by atoms with Gasteiger partial charge >= 0.3 is 0 Å². The van der Waals surface area contributed by atoms with Gasteiger partial charge in [0.2, 0.25) is 0 Å². The van der Waals surface area contributed by atoms with Gasteiger partial charge in [-0.05, 0) is 5.56 Å². The Hall–Kier alpha value is -1.23. The highest BCUT2D eigenvalue weighted by atomic mass is 16.7. The van der Waals surface area contributed by atoms with Crippen molar-refractivity contribution in [1.29, 1.82) is 0 Å². The fourth-order valence-electron chi connectivity index (χ4n) is 1.98. The van der Waals surface area contributed by atoms with Gasteiger partial charge in [0.05, 0.1) is 32.8 Å². The van der Waals surface area contributed by atoms with Crippen molar-refractivity contribution < 1.29 is 19.0 Å². The average Bonchev–Trinajstić information content (AvgIpc) is 2.86. The van der Waals surface area contributed by atoms with Crippen molar-refractivity contribution in [2.45, 2.75) is 25.2 Å². The summed E-state index contributed by atoms with van der Waals surface area (Å²) >= 11 is 0. The van der Waals surface area contributed by atoms with E-state index in [2.05, 4.69) is 0 Å². The predicted octanol–water partition coefficient (Wildman–Crippen LogP) is 1.93. The van der Waals surface area contributed by atoms with Crippen LogP contribution in [0.1, 0.15) is 18.4 Å². The van der Waals surface area contributed by atoms with Crippen molar-refractivity contribution in [2.75, 3.05) is 19.8 Å². The Balaban J connectivity index is 1.72. The molecule has 1 fully saturated rings. The van der Waals surface area contributed by atoms with Crippen LogP contribution < -0.4 is 0 Å². The number of ether oxygens (including phenoxy) is 3. The van der Waals surface area contributed by atoms with Gasteiger partial charge in [-0.2, -0.15) is 0 Å². The average molecular weight is 250 g/mol. The van der Waals surface area contributed by atoms with E-state index in [9.17, 15) is 4.79 Å². The Morgan fingerprint density at radius 2 is 1.94 bits per heavy atom. The van der Waals surface area contributed by atoms with Gasteiger partial charge < -0.3 is 19.0 Å². The van der Waals surface area contributed by atoms with Crippen molar-refractivity contribution in [3.63, 3.8) is 0 Å². The second-order valence-corrected chi connectivity index (χ2v) is 4.27. The quantitative estimate of drug-likeness (QED) is 0.548. The Labute approximate surface area is 107 Å². The second-order valence-electron chi connectivity index (χ2n) is 4.27. The lowest BCUT2D eigenvalue weighted by atomic mass is 10.1. The molecular formula is C14H18O4. The van der Waals surface area contributed by atoms with Crippen LogP contribution in [-0.2, 0) is 25.6 Å². The standard InChI is InChI=1S/C14H18O4/c15-8-6-14(17-10-11-18-14)7-9-16-12-13-4-2-1-3-5-13/h1-5,8H,6-7,9-12H2. The zero-order valence-electron chi connectivity index (χ0n) is 10.3. The van der Waals surface area contributed by atoms with Crippen molar-refractivity contribution in [1.82, 2.24) is 0 Å². The van der Waals surface area contributed by atoms with E-state index in [0.29, 0.717) is 32.8 Å². The summed E-state index contributed by atoms with van der Waals surface area (Å²) in [6.07, 6.45) is 1.68. The molecule has 4 heteroatoms. The Morgan fingerprint density at radius 1 is 1.22 bits per heavy atom. The summed E-state index contributed by atoms with van der Waals surface area (Å²) in [5, 5.41) is 0. The first-order valence-electron chi connectivity index (χ1n) is 6.18. The topological polar surface area (TPSA) is 44.8 Å². The molecule has 1 aliphatic heterocycles. The highest BCUT2D eigenvalue weighted by molar-refractivity contribution is 5.50. The molecule has 0 N–H and O–H groups in total. The first-order chi connectivity index (χ1) is 8.85. The molecule has 0 radical (unpaired) electrons. The minimum absolute atomic E-state index is 0.266. The van der Waals surface area contributed by atoms with Crippen LogP contribution in [0.4, 0.5) is 0 Å². The van der Waals surface area contributed by atoms with E-state index in [1.54, 1.807) is 0 Å². The number of aldehydes is 1. The van der Waals surface area contributed by atoms with Crippen molar-refractivity contribution in [3.05, 3.63) is 35.9 Å². The molecule has 4 nitrogen and oxygen atoms in total. The van der Waals surface area contributed by atoms with Crippen LogP contribution >= 0.6 is 0 Å². The van der Waals surface area contributed by atoms with Crippen molar-refractivity contribution >= 4 is 6.29 Å². The Morgan fingerprint density at radius 3 is 2.61 bits per heavy atom. The van der Waals surface area contributed by atoms with Crippen molar-refractivity contribution in [3.8, 4) is 0 Å². The summed E-state index contributed by atoms with van der Waals surface area (Å²) in [5.74, 6) is -0.752. The molecule has 18 heavy (non-hydrogen) atoms. The lowest BCUT2D eigenvalue weighted by Gasteiger charge is -2.24. The first kappa shape index (κ1) is 13.2. The second kappa shape index (κ2) is 6.64. The molecule has 1 aromatic carbocycles. The zero-order chi connectivity index (χ0) is 12.7. The van der Waals surface area contributed by atoms with Gasteiger partial charge in [-0.15, -0.1) is 0 Å². The van der Waals surface area contributed by atoms with Gasteiger partial charge in [0.25, 0.3) is 0 Å². The number of benzene rings is 1. The normalized spacial score (nSPS) is 17.8. The van der Waals surface area contributed by atoms with E-state index in [1.807, 2.05) is 30.3 Å². The SMILES string of the molecule is O=CCC1(CCOCc2ccccc2)OCCO1. The van der Waals surface area contributed by atoms with Crippen LogP contribution in [0, 0.1) is 0 Å². The number of hydrogen-bond acceptors (Lipinski definition) is 4. The number of carbonyl (C=O) groups excluding carboxylic acids is 1. The first-order valence-corrected chi connectivity index (χ1v) is 6.18. The molecule has 1 heterocycles. The minimum Gasteiger partial charge on any atom is -0.377 e. The van der Waals surface area contributed by atoms with E-state index in [1.165, 1.54) is 0 Å². The van der Waals surface area contributed by atoms with Crippen LogP contribution in [0.3, 0.4) is 0 Å². The molecule has 98 valence electrons. The molecule has 0 spiro atoms. The third kappa shape index (κ3) is 3.63. The van der Waals surface area contributed by atoms with Gasteiger partial charge in [-0.1, -0.05) is 30.3 Å². The van der Waals surface area contributed by atoms with Gasteiger partial charge in [0.15, 0.2) is 5.79 Å². The molecular weight excluding hydrogens is 232 g/mol. The predicted molar refractivity (Wildman–Crippen MR) is 66.0 cm³/mol. The summed E-state index contributed by atoms with van der Waals surface area (Å²) in [5.41, 5.74) is 1.13. The highest BCUT2D eigenvalue weighted by Gasteiger charge is 2.35. The van der Waals surface area contributed by atoms with Gasteiger partial charge in [-0.25, -0.2) is 0 Å². The molecule has 0 saturated carbocycles. The molecule has 1 aromatic rings. The summed E-state index contributed by atoms with van der Waals surface area (Å²) in [6.45, 7) is 2.18. The molecule has 0 aliphatic carbocycles. The third-order valence-electron chi connectivity index (χ3n) is 2.95. The van der Waals surface area contributed by atoms with Gasteiger partial charge in [0, 0.05) is 6.42 Å². The largest absolute Gasteiger partial charge is 0.377 e. The van der Waals surface area contributed by atoms with E-state index in [0.717, 1.165) is 11.8 Å². The third-order valence-corrected chi connectivity index (χ3v) is 2.95.